The molecule has 5 aromatic rings. The van der Waals surface area contributed by atoms with E-state index in [1.165, 1.54) is 10.5 Å². The number of nitrogens with zero attached hydrogens (tertiary/aromatic N) is 8. The van der Waals surface area contributed by atoms with Gasteiger partial charge in [0.1, 0.15) is 36.1 Å². The van der Waals surface area contributed by atoms with E-state index in [0.29, 0.717) is 53.3 Å². The van der Waals surface area contributed by atoms with Crippen molar-refractivity contribution in [1.82, 2.24) is 30.0 Å². The largest absolute Gasteiger partial charge is 0.493 e. The van der Waals surface area contributed by atoms with Crippen LogP contribution in [0.5, 0.6) is 5.75 Å². The first-order valence-corrected chi connectivity index (χ1v) is 27.0. The number of carbonyl (C=O) groups is 4. The highest BCUT2D eigenvalue weighted by atomic mass is 35.5. The first-order chi connectivity index (χ1) is 37.3. The van der Waals surface area contributed by atoms with Crippen molar-refractivity contribution in [2.45, 2.75) is 118 Å². The number of allylic oxidation sites excluding steroid dienone is 3. The average Bonchev–Trinajstić information content (AvgIpc) is 4.28. The van der Waals surface area contributed by atoms with Crippen molar-refractivity contribution >= 4 is 69.8 Å². The Hall–Kier alpha value is -7.47. The van der Waals surface area contributed by atoms with Gasteiger partial charge in [0, 0.05) is 77.5 Å². The van der Waals surface area contributed by atoms with Gasteiger partial charge < -0.3 is 30.1 Å². The first kappa shape index (κ1) is 55.3. The van der Waals surface area contributed by atoms with Crippen LogP contribution in [0.1, 0.15) is 114 Å². The molecule has 18 heteroatoms. The highest BCUT2D eigenvalue weighted by Gasteiger charge is 2.44. The molecule has 5 atom stereocenters. The highest BCUT2D eigenvalue weighted by Crippen LogP contribution is 2.40. The molecule has 17 nitrogen and oxygen atoms in total. The van der Waals surface area contributed by atoms with Crippen LogP contribution in [0.3, 0.4) is 0 Å². The molecule has 1 saturated heterocycles. The molecule has 4 aliphatic rings. The van der Waals surface area contributed by atoms with Crippen molar-refractivity contribution in [3.05, 3.63) is 135 Å². The Balaban J connectivity index is 0.728. The predicted molar refractivity (Wildman–Crippen MR) is 303 cm³/mol. The van der Waals surface area contributed by atoms with E-state index in [-0.39, 0.29) is 56.6 Å². The number of halogens is 1. The second-order valence-corrected chi connectivity index (χ2v) is 22.0. The Morgan fingerprint density at radius 2 is 1.64 bits per heavy atom. The molecule has 2 aromatic heterocycles. The fraction of sp³-hybridized carbons (Fsp3) is 0.400. The topological polar surface area (TPSA) is 215 Å². The van der Waals surface area contributed by atoms with Gasteiger partial charge in [-0.3, -0.25) is 38.7 Å². The standard InChI is InChI=1S/C60H67ClN10O7/c1-34-28-42(47-21-20-44(31-63-47)65-52(74)30-48-57-69-68-38(5)71(57)58-54(35(2)36(3)64-58)55(66-48)41-15-18-43(61)19-16-41)17-23-51(34)78-27-9-26-77-33-53(75)67-56(60(6,7)8)59(76)70-32-45(72)29-49(70)50(73)22-12-39-10-13-40(14-11-39)46-24-25-62-37(46)4/h10-11,13-21,23,25,28,31,35,45,48-49,56,72H,9,12,22,24,26-27,29-30,32-33H2,1-8H3,(H,65,74)(H,67,75)/t35?,45-,48?,49+,56?/m1/s1. The minimum atomic E-state index is -0.950. The lowest BCUT2D eigenvalue weighted by Gasteiger charge is -2.35. The van der Waals surface area contributed by atoms with Crippen molar-refractivity contribution in [3.8, 4) is 17.0 Å². The van der Waals surface area contributed by atoms with E-state index in [9.17, 15) is 24.3 Å². The van der Waals surface area contributed by atoms with Crippen LogP contribution in [0.25, 0.3) is 22.7 Å². The summed E-state index contributed by atoms with van der Waals surface area (Å²) in [4.78, 5) is 75.2. The number of ketones is 1. The zero-order valence-electron chi connectivity index (χ0n) is 45.5. The number of fused-ring (bicyclic) bond motifs is 2. The fourth-order valence-electron chi connectivity index (χ4n) is 10.3. The van der Waals surface area contributed by atoms with Crippen LogP contribution in [-0.4, -0.2) is 115 Å². The number of likely N-dealkylation sites (tertiary alicyclic amines) is 1. The lowest BCUT2D eigenvalue weighted by atomic mass is 9.85. The number of aliphatic hydroxyl groups excluding tert-OH is 1. The molecule has 9 rings (SSSR count). The Morgan fingerprint density at radius 1 is 0.897 bits per heavy atom. The van der Waals surface area contributed by atoms with Gasteiger partial charge in [-0.05, 0) is 104 Å². The molecule has 0 radical (unpaired) electrons. The van der Waals surface area contributed by atoms with E-state index in [1.807, 2.05) is 126 Å². The number of rotatable bonds is 19. The first-order valence-electron chi connectivity index (χ1n) is 26.6. The van der Waals surface area contributed by atoms with Crippen molar-refractivity contribution in [1.29, 1.82) is 0 Å². The SMILES string of the molecule is CC1=NC2=C(C(c3ccc(Cl)cc3)=NC(CC(=O)Nc3ccc(-c4ccc(OCCCOCC(=O)NC(C(=O)N5C[C@H](O)C[C@H]5C(=O)CCc5ccc(C6=C(C)N=CC6)cc5)C(C)(C)C)c(C)c4)nc3)c3nnc(C)n32)C1C. The molecular formula is C60H67ClN10O7. The Morgan fingerprint density at radius 3 is 2.33 bits per heavy atom. The number of hydrogen-bond donors (Lipinski definition) is 3. The number of Topliss-reactive ketones (excluding diaryl/α,β-unsaturated/α-hetero) is 1. The van der Waals surface area contributed by atoms with Gasteiger partial charge in [0.05, 0.1) is 55.1 Å². The summed E-state index contributed by atoms with van der Waals surface area (Å²) >= 11 is 6.27. The van der Waals surface area contributed by atoms with Gasteiger partial charge in [0.25, 0.3) is 0 Å². The number of ether oxygens (including phenoxy) is 2. The number of aliphatic imine (C=N–C) groups is 3. The van der Waals surface area contributed by atoms with Gasteiger partial charge in [-0.25, -0.2) is 4.99 Å². The number of aliphatic hydroxyl groups is 1. The minimum absolute atomic E-state index is 0.00233. The Kier molecular flexibility index (Phi) is 16.8. The number of hydrogen-bond acceptors (Lipinski definition) is 13. The zero-order chi connectivity index (χ0) is 55.4. The smallest absolute Gasteiger partial charge is 0.246 e. The normalized spacial score (nSPS) is 19.3. The summed E-state index contributed by atoms with van der Waals surface area (Å²) in [6.45, 7) is 15.8. The number of aryl methyl sites for hydroxylation is 3. The summed E-state index contributed by atoms with van der Waals surface area (Å²) in [6.07, 6.45) is 4.87. The van der Waals surface area contributed by atoms with Crippen LogP contribution < -0.4 is 15.4 Å². The van der Waals surface area contributed by atoms with E-state index in [4.69, 9.17) is 31.1 Å². The summed E-state index contributed by atoms with van der Waals surface area (Å²) in [5.74, 6) is 1.34. The summed E-state index contributed by atoms with van der Waals surface area (Å²) in [5, 5.41) is 26.0. The minimum Gasteiger partial charge on any atom is -0.493 e. The monoisotopic (exact) mass is 1070 g/mol. The summed E-state index contributed by atoms with van der Waals surface area (Å²) in [5.41, 5.74) is 10.1. The van der Waals surface area contributed by atoms with Gasteiger partial charge in [-0.2, -0.15) is 0 Å². The second kappa shape index (κ2) is 23.6. The van der Waals surface area contributed by atoms with Crippen LogP contribution >= 0.6 is 11.6 Å². The lowest BCUT2D eigenvalue weighted by molar-refractivity contribution is -0.144. The van der Waals surface area contributed by atoms with Crippen molar-refractivity contribution in [3.63, 3.8) is 0 Å². The van der Waals surface area contributed by atoms with Gasteiger partial charge in [-0.15, -0.1) is 10.2 Å². The third-order valence-electron chi connectivity index (χ3n) is 14.8. The van der Waals surface area contributed by atoms with Crippen molar-refractivity contribution in [2.75, 3.05) is 31.7 Å². The van der Waals surface area contributed by atoms with Gasteiger partial charge in [0.15, 0.2) is 11.6 Å². The molecule has 0 spiro atoms. The fourth-order valence-corrected chi connectivity index (χ4v) is 10.5. The molecule has 0 bridgehead atoms. The number of aromatic nitrogens is 4. The number of anilines is 1. The van der Waals surface area contributed by atoms with E-state index >= 15 is 0 Å². The second-order valence-electron chi connectivity index (χ2n) is 21.6. The van der Waals surface area contributed by atoms with E-state index in [2.05, 4.69) is 49.9 Å². The molecule has 6 heterocycles. The summed E-state index contributed by atoms with van der Waals surface area (Å²) < 4.78 is 13.7. The van der Waals surface area contributed by atoms with E-state index in [1.54, 1.807) is 6.20 Å². The van der Waals surface area contributed by atoms with Crippen molar-refractivity contribution in [2.24, 2.45) is 26.3 Å². The summed E-state index contributed by atoms with van der Waals surface area (Å²) in [7, 11) is 0. The molecule has 3 N–H and O–H groups in total. The molecule has 3 aromatic carbocycles. The molecule has 0 saturated carbocycles. The van der Waals surface area contributed by atoms with E-state index in [0.717, 1.165) is 62.8 Å². The maximum absolute atomic E-state index is 14.1. The number of amides is 3. The zero-order valence-corrected chi connectivity index (χ0v) is 46.2. The summed E-state index contributed by atoms with van der Waals surface area (Å²) in [6, 6.07) is 22.7. The van der Waals surface area contributed by atoms with Crippen LogP contribution in [0.4, 0.5) is 5.69 Å². The van der Waals surface area contributed by atoms with Gasteiger partial charge >= 0.3 is 0 Å². The third-order valence-corrected chi connectivity index (χ3v) is 15.0. The Bertz CT molecular complexity index is 3260. The van der Waals surface area contributed by atoms with Gasteiger partial charge in [-0.1, -0.05) is 75.7 Å². The number of pyridine rings is 1. The molecule has 406 valence electrons. The maximum atomic E-state index is 14.1. The molecule has 3 unspecified atom stereocenters. The van der Waals surface area contributed by atoms with Crippen LogP contribution in [0, 0.1) is 25.2 Å². The maximum Gasteiger partial charge on any atom is 0.246 e. The number of benzene rings is 3. The number of carbonyl (C=O) groups excluding carboxylic acids is 4. The van der Waals surface area contributed by atoms with Crippen LogP contribution in [0.15, 0.2) is 111 Å². The molecule has 3 amide bonds. The van der Waals surface area contributed by atoms with Gasteiger partial charge in [0.2, 0.25) is 17.7 Å². The highest BCUT2D eigenvalue weighted by molar-refractivity contribution is 6.31. The Labute approximate surface area is 460 Å². The molecule has 0 aliphatic carbocycles. The lowest BCUT2D eigenvalue weighted by Crippen LogP contribution is -2.57. The molecule has 78 heavy (non-hydrogen) atoms. The molecule has 1 fully saturated rings. The van der Waals surface area contributed by atoms with Crippen LogP contribution in [0.2, 0.25) is 5.02 Å². The van der Waals surface area contributed by atoms with Crippen LogP contribution in [-0.2, 0) is 30.3 Å². The third kappa shape index (κ3) is 12.4. The molecule has 4 aliphatic heterocycles. The van der Waals surface area contributed by atoms with Crippen molar-refractivity contribution < 1.29 is 33.8 Å². The predicted octanol–water partition coefficient (Wildman–Crippen LogP) is 9.15. The number of β-amino-alcohol motifs (C(OH)–C–C–N with tert-alkyl or cyclic N) is 1. The molecular weight excluding hydrogens is 1010 g/mol. The quantitative estimate of drug-likeness (QED) is 0.0667. The van der Waals surface area contributed by atoms with E-state index < -0.39 is 41.5 Å². The number of nitrogens with one attached hydrogen (secondary N) is 2. The average molecular weight is 1080 g/mol.